The van der Waals surface area contributed by atoms with Crippen LogP contribution in [0.4, 0.5) is 0 Å². The largest absolute Gasteiger partial charge is 0.456 e. The smallest absolute Gasteiger partial charge is 0.227 e. The van der Waals surface area contributed by atoms with Crippen LogP contribution in [0.15, 0.2) is 167 Å². The summed E-state index contributed by atoms with van der Waals surface area (Å²) in [5, 5.41) is 11.2. The zero-order valence-electron chi connectivity index (χ0n) is 28.6. The topological polar surface area (TPSA) is 77.8 Å². The lowest BCUT2D eigenvalue weighted by Crippen LogP contribution is -2.00. The van der Waals surface area contributed by atoms with Gasteiger partial charge < -0.3 is 8.83 Å². The number of oxazole rings is 1. The Morgan fingerprint density at radius 3 is 1.78 bits per heavy atom. The molecule has 0 unspecified atom stereocenters. The van der Waals surface area contributed by atoms with Crippen molar-refractivity contribution in [2.24, 2.45) is 0 Å². The van der Waals surface area contributed by atoms with Crippen molar-refractivity contribution in [2.45, 2.75) is 0 Å². The predicted octanol–water partition coefficient (Wildman–Crippen LogP) is 12.6. The van der Waals surface area contributed by atoms with Crippen LogP contribution < -0.4 is 0 Å². The minimum Gasteiger partial charge on any atom is -0.456 e. The zero-order valence-corrected chi connectivity index (χ0v) is 28.6. The first-order valence-corrected chi connectivity index (χ1v) is 18.0. The predicted molar refractivity (Wildman–Crippen MR) is 218 cm³/mol. The second-order valence-corrected chi connectivity index (χ2v) is 13.8. The molecule has 9 aromatic carbocycles. The summed E-state index contributed by atoms with van der Waals surface area (Å²) in [5.41, 5.74) is 6.56. The quantitative estimate of drug-likeness (QED) is 0.171. The molecule has 12 aromatic rings. The van der Waals surface area contributed by atoms with Gasteiger partial charge in [0.2, 0.25) is 5.89 Å². The molecule has 0 N–H and O–H groups in total. The molecular formula is C48H26N4O2. The van der Waals surface area contributed by atoms with Crippen molar-refractivity contribution in [3.63, 3.8) is 0 Å². The summed E-state index contributed by atoms with van der Waals surface area (Å²) in [4.78, 5) is 20.3. The minimum absolute atomic E-state index is 0.540. The monoisotopic (exact) mass is 690 g/mol. The molecule has 6 nitrogen and oxygen atoms in total. The normalized spacial score (nSPS) is 12.1. The number of hydrogen-bond donors (Lipinski definition) is 0. The van der Waals surface area contributed by atoms with Gasteiger partial charge in [-0.2, -0.15) is 0 Å². The molecule has 250 valence electrons. The molecule has 0 atom stereocenters. The number of aromatic nitrogens is 4. The number of rotatable bonds is 4. The third kappa shape index (κ3) is 4.28. The van der Waals surface area contributed by atoms with E-state index in [1.54, 1.807) is 0 Å². The van der Waals surface area contributed by atoms with E-state index in [2.05, 4.69) is 78.9 Å². The second-order valence-electron chi connectivity index (χ2n) is 13.8. The lowest BCUT2D eigenvalue weighted by atomic mass is 9.96. The van der Waals surface area contributed by atoms with Crippen molar-refractivity contribution < 1.29 is 8.83 Å². The van der Waals surface area contributed by atoms with E-state index in [0.717, 1.165) is 65.9 Å². The number of benzene rings is 9. The minimum atomic E-state index is 0.540. The summed E-state index contributed by atoms with van der Waals surface area (Å²) < 4.78 is 13.1. The lowest BCUT2D eigenvalue weighted by Gasteiger charge is -2.11. The SMILES string of the molecule is c1ccc(-c2nc(-c3ccc4c(ccc5c6ccccc6ccc45)c3)nc(-c3cc4oc5cccc6c7nc(-c8ccccc8)oc7c(c3)c4c56)n2)cc1. The van der Waals surface area contributed by atoms with Crippen molar-refractivity contribution in [1.82, 2.24) is 19.9 Å². The van der Waals surface area contributed by atoms with E-state index < -0.39 is 0 Å². The molecule has 0 fully saturated rings. The zero-order chi connectivity index (χ0) is 35.3. The second kappa shape index (κ2) is 11.0. The molecular weight excluding hydrogens is 665 g/mol. The summed E-state index contributed by atoms with van der Waals surface area (Å²) >= 11 is 0. The maximum Gasteiger partial charge on any atom is 0.227 e. The van der Waals surface area contributed by atoms with E-state index >= 15 is 0 Å². The Morgan fingerprint density at radius 2 is 0.963 bits per heavy atom. The van der Waals surface area contributed by atoms with Gasteiger partial charge in [0.1, 0.15) is 16.7 Å². The standard InChI is InChI=1S/C48H26N4O2/c1-3-11-28(12-4-1)45-50-46(31-20-21-34-30(24-31)19-23-35-33-15-8-7-10-27(33)18-22-36(34)35)52-47(51-45)32-25-38-42-40(26-32)53-39-17-9-16-37(41(39)42)43-44(38)54-48(49-43)29-13-5-2-6-14-29/h1-26H. The fourth-order valence-electron chi connectivity index (χ4n) is 8.16. The Morgan fingerprint density at radius 1 is 0.333 bits per heavy atom. The molecule has 0 aliphatic heterocycles. The van der Waals surface area contributed by atoms with Crippen molar-refractivity contribution in [3.05, 3.63) is 158 Å². The van der Waals surface area contributed by atoms with E-state index in [0.29, 0.717) is 28.9 Å². The average molecular weight is 691 g/mol. The van der Waals surface area contributed by atoms with Crippen LogP contribution >= 0.6 is 0 Å². The van der Waals surface area contributed by atoms with Crippen molar-refractivity contribution >= 4 is 76.1 Å². The highest BCUT2D eigenvalue weighted by Crippen LogP contribution is 2.45. The van der Waals surface area contributed by atoms with Crippen molar-refractivity contribution in [3.8, 4) is 45.6 Å². The third-order valence-electron chi connectivity index (χ3n) is 10.7. The number of furan rings is 1. The summed E-state index contributed by atoms with van der Waals surface area (Å²) in [6.07, 6.45) is 0. The summed E-state index contributed by atoms with van der Waals surface area (Å²) in [6.45, 7) is 0. The number of fused-ring (bicyclic) bond motifs is 8. The van der Waals surface area contributed by atoms with Gasteiger partial charge in [-0.25, -0.2) is 19.9 Å². The molecule has 0 aliphatic carbocycles. The van der Waals surface area contributed by atoms with Crippen LogP contribution in [-0.2, 0) is 0 Å². The van der Waals surface area contributed by atoms with Gasteiger partial charge >= 0.3 is 0 Å². The van der Waals surface area contributed by atoms with Gasteiger partial charge in [-0.3, -0.25) is 0 Å². The maximum absolute atomic E-state index is 6.61. The molecule has 0 spiro atoms. The molecule has 12 rings (SSSR count). The highest BCUT2D eigenvalue weighted by Gasteiger charge is 2.24. The highest BCUT2D eigenvalue weighted by molar-refractivity contribution is 6.32. The summed E-state index contributed by atoms with van der Waals surface area (Å²) in [6, 6.07) is 54.2. The van der Waals surface area contributed by atoms with Gasteiger partial charge in [0.05, 0.1) is 0 Å². The van der Waals surface area contributed by atoms with Gasteiger partial charge in [-0.15, -0.1) is 0 Å². The molecule has 3 heterocycles. The lowest BCUT2D eigenvalue weighted by molar-refractivity contribution is 0.623. The Bertz CT molecular complexity index is 3440. The van der Waals surface area contributed by atoms with Gasteiger partial charge in [0, 0.05) is 43.8 Å². The van der Waals surface area contributed by atoms with Crippen molar-refractivity contribution in [1.29, 1.82) is 0 Å². The van der Waals surface area contributed by atoms with E-state index in [1.807, 2.05) is 78.9 Å². The van der Waals surface area contributed by atoms with Crippen LogP contribution in [-0.4, -0.2) is 19.9 Å². The van der Waals surface area contributed by atoms with Crippen LogP contribution in [0.5, 0.6) is 0 Å². The summed E-state index contributed by atoms with van der Waals surface area (Å²) in [5.74, 6) is 2.29. The summed E-state index contributed by atoms with van der Waals surface area (Å²) in [7, 11) is 0. The van der Waals surface area contributed by atoms with Crippen molar-refractivity contribution in [2.75, 3.05) is 0 Å². The van der Waals surface area contributed by atoms with Crippen LogP contribution in [0.1, 0.15) is 0 Å². The molecule has 0 bridgehead atoms. The first-order valence-electron chi connectivity index (χ1n) is 18.0. The molecule has 0 radical (unpaired) electrons. The maximum atomic E-state index is 6.61. The highest BCUT2D eigenvalue weighted by atomic mass is 16.3. The number of nitrogens with zero attached hydrogens (tertiary/aromatic N) is 4. The molecule has 54 heavy (non-hydrogen) atoms. The first-order chi connectivity index (χ1) is 26.7. The molecule has 0 aliphatic rings. The van der Waals surface area contributed by atoms with E-state index in [4.69, 9.17) is 28.8 Å². The molecule has 0 saturated heterocycles. The van der Waals surface area contributed by atoms with E-state index in [9.17, 15) is 0 Å². The molecule has 0 saturated carbocycles. The Balaban J connectivity index is 1.08. The third-order valence-corrected chi connectivity index (χ3v) is 10.7. The van der Waals surface area contributed by atoms with Crippen LogP contribution in [0.2, 0.25) is 0 Å². The van der Waals surface area contributed by atoms with Gasteiger partial charge in [-0.05, 0) is 68.7 Å². The Kier molecular flexibility index (Phi) is 5.96. The average Bonchev–Trinajstić information content (AvgIpc) is 3.87. The van der Waals surface area contributed by atoms with Crippen LogP contribution in [0.25, 0.3) is 122 Å². The van der Waals surface area contributed by atoms with Crippen LogP contribution in [0, 0.1) is 0 Å². The molecule has 0 amide bonds. The molecule has 3 aromatic heterocycles. The molecule has 6 heteroatoms. The first kappa shape index (κ1) is 29.2. The van der Waals surface area contributed by atoms with Gasteiger partial charge in [0.15, 0.2) is 23.1 Å². The van der Waals surface area contributed by atoms with E-state index in [1.165, 1.54) is 26.9 Å². The fourth-order valence-corrected chi connectivity index (χ4v) is 8.16. The van der Waals surface area contributed by atoms with E-state index in [-0.39, 0.29) is 0 Å². The van der Waals surface area contributed by atoms with Crippen LogP contribution in [0.3, 0.4) is 0 Å². The number of hydrogen-bond acceptors (Lipinski definition) is 6. The van der Waals surface area contributed by atoms with Gasteiger partial charge in [-0.1, -0.05) is 121 Å². The Labute approximate surface area is 307 Å². The fraction of sp³-hybridized carbons (Fsp3) is 0. The van der Waals surface area contributed by atoms with Gasteiger partial charge in [0.25, 0.3) is 0 Å². The Hall–Kier alpha value is -7.44.